The summed E-state index contributed by atoms with van der Waals surface area (Å²) in [4.78, 5) is 21.2. The van der Waals surface area contributed by atoms with Gasteiger partial charge in [-0.2, -0.15) is 0 Å². The Hall–Kier alpha value is -3.32. The number of aromatic nitrogens is 2. The van der Waals surface area contributed by atoms with Gasteiger partial charge in [-0.1, -0.05) is 44.2 Å². The van der Waals surface area contributed by atoms with E-state index >= 15 is 0 Å². The molecule has 0 saturated heterocycles. The highest BCUT2D eigenvalue weighted by molar-refractivity contribution is 7.16. The first-order valence-electron chi connectivity index (χ1n) is 10.6. The molecule has 2 aromatic carbocycles. The molecule has 0 radical (unpaired) electrons. The summed E-state index contributed by atoms with van der Waals surface area (Å²) in [5, 5.41) is 14.9. The molecule has 2 aromatic heterocycles. The average Bonchev–Trinajstić information content (AvgIpc) is 3.41. The second kappa shape index (κ2) is 9.44. The number of anilines is 1. The Morgan fingerprint density at radius 1 is 1.22 bits per heavy atom. The Kier molecular flexibility index (Phi) is 6.46. The minimum Gasteiger partial charge on any atom is -0.497 e. The van der Waals surface area contributed by atoms with Gasteiger partial charge in [0.15, 0.2) is 5.13 Å². The van der Waals surface area contributed by atoms with Gasteiger partial charge in [0.25, 0.3) is 0 Å². The fourth-order valence-electron chi connectivity index (χ4n) is 3.80. The zero-order valence-electron chi connectivity index (χ0n) is 18.4. The zero-order valence-corrected chi connectivity index (χ0v) is 19.2. The zero-order chi connectivity index (χ0) is 22.7. The van der Waals surface area contributed by atoms with E-state index in [0.29, 0.717) is 18.9 Å². The van der Waals surface area contributed by atoms with Crippen LogP contribution in [0.5, 0.6) is 5.75 Å². The number of ether oxygens (including phenoxy) is 1. The first kappa shape index (κ1) is 21.9. The lowest BCUT2D eigenvalue weighted by molar-refractivity contribution is -0.141. The molecule has 6 nitrogen and oxygen atoms in total. The maximum absolute atomic E-state index is 12.0. The number of aliphatic carboxylic acids is 1. The van der Waals surface area contributed by atoms with E-state index < -0.39 is 11.9 Å². The third-order valence-corrected chi connectivity index (χ3v) is 6.82. The van der Waals surface area contributed by atoms with Gasteiger partial charge in [0.05, 0.1) is 18.7 Å². The number of nitrogens with zero attached hydrogens (tertiary/aromatic N) is 1. The molecule has 4 rings (SSSR count). The molecule has 166 valence electrons. The minimum absolute atomic E-state index is 0.297. The number of aromatic amines is 1. The molecular weight excluding hydrogens is 422 g/mol. The number of methoxy groups -OCH3 is 1. The predicted octanol–water partition coefficient (Wildman–Crippen LogP) is 5.78. The fourth-order valence-corrected chi connectivity index (χ4v) is 4.80. The van der Waals surface area contributed by atoms with Crippen LogP contribution in [0.4, 0.5) is 5.13 Å². The summed E-state index contributed by atoms with van der Waals surface area (Å²) in [5.74, 6) is -0.313. The van der Waals surface area contributed by atoms with Gasteiger partial charge in [-0.15, -0.1) is 11.3 Å². The highest BCUT2D eigenvalue weighted by atomic mass is 32.1. The van der Waals surface area contributed by atoms with Crippen LogP contribution in [-0.2, 0) is 11.2 Å². The average molecular weight is 450 g/mol. The number of para-hydroxylation sites is 1. The third kappa shape index (κ3) is 4.62. The summed E-state index contributed by atoms with van der Waals surface area (Å²) in [6, 6.07) is 15.8. The van der Waals surface area contributed by atoms with Crippen LogP contribution in [0, 0.1) is 5.92 Å². The van der Waals surface area contributed by atoms with Gasteiger partial charge in [-0.3, -0.25) is 4.79 Å². The molecule has 0 fully saturated rings. The topological polar surface area (TPSA) is 87.2 Å². The van der Waals surface area contributed by atoms with Crippen LogP contribution in [-0.4, -0.2) is 34.7 Å². The number of carboxylic acid groups (broad SMARTS) is 1. The summed E-state index contributed by atoms with van der Waals surface area (Å²) in [6.45, 7) is 4.58. The number of hydrogen-bond donors (Lipinski definition) is 3. The molecule has 7 heteroatoms. The number of H-pyrrole nitrogens is 1. The van der Waals surface area contributed by atoms with Crippen LogP contribution >= 0.6 is 11.3 Å². The number of thiazole rings is 1. The van der Waals surface area contributed by atoms with Crippen molar-refractivity contribution in [2.45, 2.75) is 26.2 Å². The molecule has 0 aliphatic heterocycles. The fraction of sp³-hybridized carbons (Fsp3) is 0.280. The number of rotatable bonds is 9. The highest BCUT2D eigenvalue weighted by Crippen LogP contribution is 2.37. The Balaban J connectivity index is 1.54. The smallest absolute Gasteiger partial charge is 0.308 e. The van der Waals surface area contributed by atoms with Crippen LogP contribution < -0.4 is 10.1 Å². The third-order valence-electron chi connectivity index (χ3n) is 5.51. The van der Waals surface area contributed by atoms with E-state index in [1.165, 1.54) is 0 Å². The highest BCUT2D eigenvalue weighted by Gasteiger charge is 2.22. The molecule has 2 heterocycles. The largest absolute Gasteiger partial charge is 0.497 e. The van der Waals surface area contributed by atoms with Crippen molar-refractivity contribution in [2.75, 3.05) is 19.0 Å². The predicted molar refractivity (Wildman–Crippen MR) is 130 cm³/mol. The van der Waals surface area contributed by atoms with Crippen LogP contribution in [0.3, 0.4) is 0 Å². The lowest BCUT2D eigenvalue weighted by Crippen LogP contribution is -2.25. The van der Waals surface area contributed by atoms with Gasteiger partial charge in [0.2, 0.25) is 0 Å². The van der Waals surface area contributed by atoms with Crippen LogP contribution in [0.15, 0.2) is 54.7 Å². The molecule has 0 aliphatic carbocycles. The summed E-state index contributed by atoms with van der Waals surface area (Å²) in [5.41, 5.74) is 3.93. The normalized spacial score (nSPS) is 12.2. The molecule has 32 heavy (non-hydrogen) atoms. The number of benzene rings is 2. The molecule has 3 N–H and O–H groups in total. The van der Waals surface area contributed by atoms with Crippen molar-refractivity contribution in [1.29, 1.82) is 0 Å². The summed E-state index contributed by atoms with van der Waals surface area (Å²) in [7, 11) is 1.65. The molecule has 0 bridgehead atoms. The van der Waals surface area contributed by atoms with Crippen LogP contribution in [0.2, 0.25) is 0 Å². The van der Waals surface area contributed by atoms with E-state index in [2.05, 4.69) is 24.1 Å². The van der Waals surface area contributed by atoms with Gasteiger partial charge < -0.3 is 20.1 Å². The number of fused-ring (bicyclic) bond motifs is 1. The van der Waals surface area contributed by atoms with Gasteiger partial charge in [-0.25, -0.2) is 4.98 Å². The van der Waals surface area contributed by atoms with Gasteiger partial charge in [0.1, 0.15) is 5.75 Å². The van der Waals surface area contributed by atoms with Crippen molar-refractivity contribution < 1.29 is 14.6 Å². The number of nitrogens with one attached hydrogen (secondary N) is 2. The molecule has 1 atom stereocenters. The molecule has 0 saturated carbocycles. The van der Waals surface area contributed by atoms with E-state index in [9.17, 15) is 9.90 Å². The molecule has 1 unspecified atom stereocenters. The van der Waals surface area contributed by atoms with Gasteiger partial charge >= 0.3 is 5.97 Å². The quantitative estimate of drug-likeness (QED) is 0.302. The van der Waals surface area contributed by atoms with E-state index in [-0.39, 0.29) is 0 Å². The lowest BCUT2D eigenvalue weighted by Gasteiger charge is -2.12. The standard InChI is InChI=1S/C25H27N3O3S/c1-15(2)23-22(16-7-6-8-19(12-16)31-3)28-25(32-23)27-14-18(24(29)30)11-17-13-26-21-10-5-4-9-20(17)21/h4-10,12-13,15,18,26H,11,14H2,1-3H3,(H,27,28)(H,29,30). The van der Waals surface area contributed by atoms with Crippen LogP contribution in [0.25, 0.3) is 22.2 Å². The molecule has 4 aromatic rings. The lowest BCUT2D eigenvalue weighted by atomic mass is 9.99. The molecule has 0 spiro atoms. The van der Waals surface area contributed by atoms with Crippen molar-refractivity contribution in [1.82, 2.24) is 9.97 Å². The van der Waals surface area contributed by atoms with Crippen molar-refractivity contribution >= 4 is 33.3 Å². The minimum atomic E-state index is -0.823. The monoisotopic (exact) mass is 449 g/mol. The first-order valence-corrected chi connectivity index (χ1v) is 11.4. The van der Waals surface area contributed by atoms with Crippen molar-refractivity contribution in [2.24, 2.45) is 5.92 Å². The van der Waals surface area contributed by atoms with Crippen LogP contribution in [0.1, 0.15) is 30.2 Å². The Morgan fingerprint density at radius 2 is 2.03 bits per heavy atom. The van der Waals surface area contributed by atoms with E-state index in [4.69, 9.17) is 9.72 Å². The summed E-state index contributed by atoms with van der Waals surface area (Å²) in [6.07, 6.45) is 2.35. The molecular formula is C25H27N3O3S. The number of hydrogen-bond acceptors (Lipinski definition) is 5. The van der Waals surface area contributed by atoms with Gasteiger partial charge in [0, 0.05) is 34.1 Å². The van der Waals surface area contributed by atoms with E-state index in [1.54, 1.807) is 18.4 Å². The van der Waals surface area contributed by atoms with Crippen molar-refractivity contribution in [3.8, 4) is 17.0 Å². The Bertz CT molecular complexity index is 1230. The van der Waals surface area contributed by atoms with Crippen molar-refractivity contribution in [3.63, 3.8) is 0 Å². The van der Waals surface area contributed by atoms with Gasteiger partial charge in [-0.05, 0) is 36.1 Å². The van der Waals surface area contributed by atoms with E-state index in [1.807, 2.05) is 54.7 Å². The van der Waals surface area contributed by atoms with E-state index in [0.717, 1.165) is 43.5 Å². The molecule has 0 amide bonds. The summed E-state index contributed by atoms with van der Waals surface area (Å²) < 4.78 is 5.36. The SMILES string of the molecule is COc1cccc(-c2nc(NCC(Cc3c[nH]c4ccccc34)C(=O)O)sc2C(C)C)c1. The molecule has 0 aliphatic rings. The second-order valence-electron chi connectivity index (χ2n) is 8.10. The number of carbonyl (C=O) groups is 1. The maximum Gasteiger partial charge on any atom is 0.308 e. The van der Waals surface area contributed by atoms with Crippen molar-refractivity contribution in [3.05, 3.63) is 65.2 Å². The maximum atomic E-state index is 12.0. The number of carboxylic acids is 1. The Labute approximate surface area is 191 Å². The Morgan fingerprint density at radius 3 is 2.78 bits per heavy atom. The summed E-state index contributed by atoms with van der Waals surface area (Å²) >= 11 is 1.58. The second-order valence-corrected chi connectivity index (χ2v) is 9.13. The first-order chi connectivity index (χ1) is 15.5.